The second-order valence-corrected chi connectivity index (χ2v) is 7.57. The first-order valence-electron chi connectivity index (χ1n) is 9.47. The number of aryl methyl sites for hydroxylation is 2. The summed E-state index contributed by atoms with van der Waals surface area (Å²) in [5.74, 6) is 2.02. The summed E-state index contributed by atoms with van der Waals surface area (Å²) in [6, 6.07) is 2.50. The van der Waals surface area contributed by atoms with Crippen molar-refractivity contribution in [1.29, 1.82) is 0 Å². The van der Waals surface area contributed by atoms with Crippen LogP contribution in [0, 0.1) is 12.8 Å². The molecule has 0 amide bonds. The largest absolute Gasteiger partial charge is 0.381 e. The van der Waals surface area contributed by atoms with Crippen LogP contribution in [0.3, 0.4) is 0 Å². The van der Waals surface area contributed by atoms with E-state index in [2.05, 4.69) is 27.6 Å². The van der Waals surface area contributed by atoms with Gasteiger partial charge in [-0.15, -0.1) is 0 Å². The van der Waals surface area contributed by atoms with E-state index in [9.17, 15) is 0 Å². The third-order valence-corrected chi connectivity index (χ3v) is 5.52. The molecule has 1 atom stereocenters. The minimum Gasteiger partial charge on any atom is -0.381 e. The Labute approximate surface area is 149 Å². The van der Waals surface area contributed by atoms with Gasteiger partial charge in [-0.2, -0.15) is 5.10 Å². The molecule has 1 fully saturated rings. The van der Waals surface area contributed by atoms with Crippen LogP contribution in [-0.4, -0.2) is 44.0 Å². The van der Waals surface area contributed by atoms with Crippen molar-refractivity contribution >= 4 is 0 Å². The molecule has 0 spiro atoms. The van der Waals surface area contributed by atoms with Gasteiger partial charge in [-0.3, -0.25) is 9.58 Å². The molecule has 4 rings (SSSR count). The Morgan fingerprint density at radius 2 is 2.08 bits per heavy atom. The molecule has 6 heteroatoms. The lowest BCUT2D eigenvalue weighted by molar-refractivity contribution is 0.123. The fourth-order valence-electron chi connectivity index (χ4n) is 3.75. The van der Waals surface area contributed by atoms with Gasteiger partial charge in [-0.1, -0.05) is 0 Å². The summed E-state index contributed by atoms with van der Waals surface area (Å²) >= 11 is 0. The topological polar surface area (TPSA) is 48.1 Å². The van der Waals surface area contributed by atoms with Crippen molar-refractivity contribution in [3.63, 3.8) is 0 Å². The van der Waals surface area contributed by atoms with Gasteiger partial charge < -0.3 is 9.30 Å². The van der Waals surface area contributed by atoms with Crippen molar-refractivity contribution in [2.45, 2.75) is 52.2 Å². The predicted molar refractivity (Wildman–Crippen MR) is 96.2 cm³/mol. The highest BCUT2D eigenvalue weighted by atomic mass is 16.5. The van der Waals surface area contributed by atoms with Crippen LogP contribution < -0.4 is 0 Å². The van der Waals surface area contributed by atoms with Crippen molar-refractivity contribution in [3.8, 4) is 0 Å². The molecule has 1 aliphatic carbocycles. The Morgan fingerprint density at radius 3 is 2.80 bits per heavy atom. The lowest BCUT2D eigenvalue weighted by Crippen LogP contribution is -2.37. The summed E-state index contributed by atoms with van der Waals surface area (Å²) in [6.07, 6.45) is 5.72. The van der Waals surface area contributed by atoms with Gasteiger partial charge in [-0.25, -0.2) is 4.98 Å². The van der Waals surface area contributed by atoms with E-state index >= 15 is 0 Å². The Morgan fingerprint density at radius 1 is 1.24 bits per heavy atom. The SMILES string of the molecule is Cc1cc(CN2CCn3c(CCOCC4CC4)cnc3[C@@H]2C)n(C)n1. The second-order valence-electron chi connectivity index (χ2n) is 7.57. The van der Waals surface area contributed by atoms with Crippen molar-refractivity contribution in [1.82, 2.24) is 24.2 Å². The average Bonchev–Trinajstić information content (AvgIpc) is 3.23. The van der Waals surface area contributed by atoms with Gasteiger partial charge in [0.25, 0.3) is 0 Å². The van der Waals surface area contributed by atoms with Gasteiger partial charge in [0.15, 0.2) is 0 Å². The third-order valence-electron chi connectivity index (χ3n) is 5.52. The summed E-state index contributed by atoms with van der Waals surface area (Å²) in [4.78, 5) is 7.22. The molecular weight excluding hydrogens is 314 g/mol. The average molecular weight is 343 g/mol. The van der Waals surface area contributed by atoms with Crippen LogP contribution in [0.15, 0.2) is 12.3 Å². The van der Waals surface area contributed by atoms with E-state index in [4.69, 9.17) is 9.72 Å². The molecule has 2 aromatic heterocycles. The first kappa shape index (κ1) is 16.8. The molecule has 2 aliphatic rings. The summed E-state index contributed by atoms with van der Waals surface area (Å²) in [5, 5.41) is 4.46. The van der Waals surface area contributed by atoms with Crippen LogP contribution in [-0.2, 0) is 31.3 Å². The van der Waals surface area contributed by atoms with E-state index in [1.165, 1.54) is 30.1 Å². The fourth-order valence-corrected chi connectivity index (χ4v) is 3.75. The van der Waals surface area contributed by atoms with Crippen LogP contribution in [0.4, 0.5) is 0 Å². The third kappa shape index (κ3) is 3.65. The number of hydrogen-bond acceptors (Lipinski definition) is 4. The number of hydrogen-bond donors (Lipinski definition) is 0. The highest BCUT2D eigenvalue weighted by Crippen LogP contribution is 2.29. The van der Waals surface area contributed by atoms with Crippen LogP contribution in [0.2, 0.25) is 0 Å². The minimum absolute atomic E-state index is 0.324. The van der Waals surface area contributed by atoms with Gasteiger partial charge >= 0.3 is 0 Å². The van der Waals surface area contributed by atoms with Gasteiger partial charge in [0, 0.05) is 51.6 Å². The van der Waals surface area contributed by atoms with Crippen LogP contribution in [0.1, 0.15) is 48.7 Å². The lowest BCUT2D eigenvalue weighted by atomic mass is 10.2. The number of imidazole rings is 1. The van der Waals surface area contributed by atoms with E-state index in [1.807, 2.05) is 24.9 Å². The first-order valence-corrected chi connectivity index (χ1v) is 9.47. The van der Waals surface area contributed by atoms with Crippen molar-refractivity contribution < 1.29 is 4.74 Å². The molecule has 0 saturated heterocycles. The van der Waals surface area contributed by atoms with Crippen LogP contribution in [0.5, 0.6) is 0 Å². The number of fused-ring (bicyclic) bond motifs is 1. The summed E-state index contributed by atoms with van der Waals surface area (Å²) < 4.78 is 10.2. The van der Waals surface area contributed by atoms with Gasteiger partial charge in [0.05, 0.1) is 24.0 Å². The highest BCUT2D eigenvalue weighted by Gasteiger charge is 2.27. The minimum atomic E-state index is 0.324. The monoisotopic (exact) mass is 343 g/mol. The van der Waals surface area contributed by atoms with Crippen molar-refractivity contribution in [2.75, 3.05) is 19.8 Å². The van der Waals surface area contributed by atoms with Crippen molar-refractivity contribution in [3.05, 3.63) is 35.2 Å². The molecule has 2 aromatic rings. The van der Waals surface area contributed by atoms with Gasteiger partial charge in [-0.05, 0) is 38.7 Å². The zero-order chi connectivity index (χ0) is 17.4. The Bertz CT molecular complexity index is 730. The summed E-state index contributed by atoms with van der Waals surface area (Å²) in [7, 11) is 2.03. The van der Waals surface area contributed by atoms with E-state index in [0.717, 1.165) is 50.9 Å². The van der Waals surface area contributed by atoms with Crippen molar-refractivity contribution in [2.24, 2.45) is 13.0 Å². The molecule has 0 radical (unpaired) electrons. The van der Waals surface area contributed by atoms with E-state index in [0.29, 0.717) is 6.04 Å². The molecule has 1 saturated carbocycles. The normalized spacial score (nSPS) is 20.8. The second kappa shape index (κ2) is 6.92. The molecule has 0 N–H and O–H groups in total. The molecule has 136 valence electrons. The highest BCUT2D eigenvalue weighted by molar-refractivity contribution is 5.13. The van der Waals surface area contributed by atoms with Crippen LogP contribution >= 0.6 is 0 Å². The Hall–Kier alpha value is -1.66. The number of aromatic nitrogens is 4. The molecule has 6 nitrogen and oxygen atoms in total. The Kier molecular flexibility index (Phi) is 4.65. The fraction of sp³-hybridized carbons (Fsp3) is 0.684. The molecule has 3 heterocycles. The zero-order valence-electron chi connectivity index (χ0n) is 15.6. The molecule has 0 aromatic carbocycles. The maximum Gasteiger partial charge on any atom is 0.126 e. The smallest absolute Gasteiger partial charge is 0.126 e. The Balaban J connectivity index is 1.38. The first-order chi connectivity index (χ1) is 12.1. The number of rotatable bonds is 7. The maximum atomic E-state index is 5.80. The summed E-state index contributed by atoms with van der Waals surface area (Å²) in [6.45, 7) is 9.04. The van der Waals surface area contributed by atoms with Gasteiger partial charge in [0.2, 0.25) is 0 Å². The van der Waals surface area contributed by atoms with E-state index in [-0.39, 0.29) is 0 Å². The number of nitrogens with zero attached hydrogens (tertiary/aromatic N) is 5. The lowest BCUT2D eigenvalue weighted by Gasteiger charge is -2.34. The summed E-state index contributed by atoms with van der Waals surface area (Å²) in [5.41, 5.74) is 3.66. The molecule has 1 aliphatic heterocycles. The zero-order valence-corrected chi connectivity index (χ0v) is 15.6. The molecule has 0 unspecified atom stereocenters. The van der Waals surface area contributed by atoms with E-state index in [1.54, 1.807) is 0 Å². The maximum absolute atomic E-state index is 5.80. The standard InChI is InChI=1S/C19H29N5O/c1-14-10-18(22(3)21-14)12-23-7-8-24-17(11-20-19(24)15(23)2)6-9-25-13-16-4-5-16/h10-11,15-16H,4-9,12-13H2,1-3H3/t15-/m0/s1. The van der Waals surface area contributed by atoms with Crippen LogP contribution in [0.25, 0.3) is 0 Å². The van der Waals surface area contributed by atoms with E-state index < -0.39 is 0 Å². The molecular formula is C19H29N5O. The van der Waals surface area contributed by atoms with Gasteiger partial charge in [0.1, 0.15) is 5.82 Å². The molecule has 0 bridgehead atoms. The molecule has 25 heavy (non-hydrogen) atoms. The number of ether oxygens (including phenoxy) is 1. The predicted octanol–water partition coefficient (Wildman–Crippen LogP) is 2.47. The quantitative estimate of drug-likeness (QED) is 0.725.